The number of nitrogens with zero attached hydrogens (tertiary/aromatic N) is 3. The summed E-state index contributed by atoms with van der Waals surface area (Å²) in [6, 6.07) is 0.249. The molecular weight excluding hydrogens is 236 g/mol. The highest BCUT2D eigenvalue weighted by atomic mass is 35.5. The number of rotatable bonds is 5. The Kier molecular flexibility index (Phi) is 3.73. The maximum atomic E-state index is 6.15. The average molecular weight is 257 g/mol. The van der Waals surface area contributed by atoms with Gasteiger partial charge >= 0.3 is 0 Å². The molecule has 1 saturated carbocycles. The van der Waals surface area contributed by atoms with Crippen molar-refractivity contribution in [2.24, 2.45) is 24.8 Å². The van der Waals surface area contributed by atoms with Crippen molar-refractivity contribution in [1.82, 2.24) is 20.1 Å². The topological polar surface area (TPSA) is 42.7 Å². The predicted octanol–water partition coefficient (Wildman–Crippen LogP) is 1.98. The van der Waals surface area contributed by atoms with Crippen molar-refractivity contribution in [3.05, 3.63) is 12.2 Å². The van der Waals surface area contributed by atoms with E-state index in [9.17, 15) is 0 Å². The lowest BCUT2D eigenvalue weighted by Gasteiger charge is -2.21. The molecule has 0 spiro atoms. The van der Waals surface area contributed by atoms with Crippen molar-refractivity contribution >= 4 is 11.6 Å². The van der Waals surface area contributed by atoms with Crippen LogP contribution in [0.25, 0.3) is 0 Å². The van der Waals surface area contributed by atoms with Gasteiger partial charge in [-0.3, -0.25) is 0 Å². The van der Waals surface area contributed by atoms with Crippen LogP contribution in [0.4, 0.5) is 0 Å². The van der Waals surface area contributed by atoms with Crippen molar-refractivity contribution < 1.29 is 0 Å². The molecule has 4 nitrogen and oxygen atoms in total. The van der Waals surface area contributed by atoms with Crippen molar-refractivity contribution in [1.29, 1.82) is 0 Å². The van der Waals surface area contributed by atoms with E-state index in [0.717, 1.165) is 12.4 Å². The Morgan fingerprint density at radius 3 is 2.59 bits per heavy atom. The van der Waals surface area contributed by atoms with Gasteiger partial charge in [-0.1, -0.05) is 20.8 Å². The van der Waals surface area contributed by atoms with Crippen molar-refractivity contribution in [3.63, 3.8) is 0 Å². The number of hydrogen-bond donors (Lipinski definition) is 1. The summed E-state index contributed by atoms with van der Waals surface area (Å²) in [5, 5.41) is 12.1. The fourth-order valence-corrected chi connectivity index (χ4v) is 2.67. The first-order valence-electron chi connectivity index (χ1n) is 6.23. The van der Waals surface area contributed by atoms with Gasteiger partial charge in [-0.15, -0.1) is 21.8 Å². The number of aryl methyl sites for hydroxylation is 1. The van der Waals surface area contributed by atoms with E-state index < -0.39 is 0 Å². The Bertz CT molecular complexity index is 368. The van der Waals surface area contributed by atoms with Gasteiger partial charge in [0.05, 0.1) is 6.04 Å². The Morgan fingerprint density at radius 2 is 2.18 bits per heavy atom. The molecule has 1 fully saturated rings. The average Bonchev–Trinajstić information content (AvgIpc) is 2.67. The van der Waals surface area contributed by atoms with Crippen molar-refractivity contribution in [2.45, 2.75) is 32.2 Å². The molecule has 96 valence electrons. The molecule has 1 aliphatic rings. The molecule has 5 heteroatoms. The van der Waals surface area contributed by atoms with Crippen molar-refractivity contribution in [3.8, 4) is 0 Å². The highest BCUT2D eigenvalue weighted by molar-refractivity contribution is 6.23. The molecule has 1 N–H and O–H groups in total. The van der Waals surface area contributed by atoms with E-state index in [1.165, 1.54) is 0 Å². The minimum atomic E-state index is 0.249. The highest BCUT2D eigenvalue weighted by Crippen LogP contribution is 2.43. The van der Waals surface area contributed by atoms with Gasteiger partial charge in [0.15, 0.2) is 0 Å². The van der Waals surface area contributed by atoms with E-state index in [4.69, 9.17) is 11.6 Å². The zero-order valence-electron chi connectivity index (χ0n) is 10.9. The highest BCUT2D eigenvalue weighted by Gasteiger charge is 2.45. The van der Waals surface area contributed by atoms with Crippen LogP contribution in [0.1, 0.15) is 32.6 Å². The Hall–Kier alpha value is -0.610. The van der Waals surface area contributed by atoms with Crippen LogP contribution in [0.15, 0.2) is 6.33 Å². The van der Waals surface area contributed by atoms with E-state index in [1.807, 2.05) is 11.6 Å². The van der Waals surface area contributed by atoms with Gasteiger partial charge in [-0.2, -0.15) is 0 Å². The van der Waals surface area contributed by atoms with Gasteiger partial charge in [-0.25, -0.2) is 0 Å². The first kappa shape index (κ1) is 12.8. The molecule has 0 saturated heterocycles. The predicted molar refractivity (Wildman–Crippen MR) is 68.9 cm³/mol. The molecule has 4 atom stereocenters. The monoisotopic (exact) mass is 256 g/mol. The molecule has 0 radical (unpaired) electrons. The first-order chi connectivity index (χ1) is 8.02. The summed E-state index contributed by atoms with van der Waals surface area (Å²) >= 11 is 6.15. The lowest BCUT2D eigenvalue weighted by Crippen LogP contribution is -2.30. The lowest BCUT2D eigenvalue weighted by atomic mass is 10.0. The summed E-state index contributed by atoms with van der Waals surface area (Å²) in [7, 11) is 1.98. The van der Waals surface area contributed by atoms with Crippen LogP contribution in [0.3, 0.4) is 0 Å². The second-order valence-electron chi connectivity index (χ2n) is 5.40. The molecule has 17 heavy (non-hydrogen) atoms. The van der Waals surface area contributed by atoms with Gasteiger partial charge in [0, 0.05) is 19.0 Å². The Labute approximate surface area is 108 Å². The molecule has 4 unspecified atom stereocenters. The van der Waals surface area contributed by atoms with Crippen LogP contribution in [-0.4, -0.2) is 26.7 Å². The zero-order chi connectivity index (χ0) is 12.6. The summed E-state index contributed by atoms with van der Waals surface area (Å²) in [6.45, 7) is 7.56. The van der Waals surface area contributed by atoms with Crippen molar-refractivity contribution in [2.75, 3.05) is 6.54 Å². The van der Waals surface area contributed by atoms with E-state index in [2.05, 4.69) is 36.3 Å². The molecule has 1 heterocycles. The Morgan fingerprint density at radius 1 is 1.53 bits per heavy atom. The third kappa shape index (κ3) is 2.63. The van der Waals surface area contributed by atoms with Crippen LogP contribution in [0, 0.1) is 17.8 Å². The largest absolute Gasteiger partial charge is 0.319 e. The third-order valence-corrected chi connectivity index (χ3v) is 4.43. The van der Waals surface area contributed by atoms with Gasteiger partial charge in [0.2, 0.25) is 0 Å². The van der Waals surface area contributed by atoms with Crippen LogP contribution in [0.2, 0.25) is 0 Å². The maximum Gasteiger partial charge on any atom is 0.149 e. The van der Waals surface area contributed by atoms with Crippen LogP contribution in [0.5, 0.6) is 0 Å². The number of halogens is 1. The van der Waals surface area contributed by atoms with Gasteiger partial charge in [0.25, 0.3) is 0 Å². The number of aromatic nitrogens is 3. The third-order valence-electron chi connectivity index (χ3n) is 3.71. The fourth-order valence-electron chi connectivity index (χ4n) is 2.25. The molecule has 0 amide bonds. The molecule has 1 aromatic rings. The Balaban J connectivity index is 1.97. The summed E-state index contributed by atoms with van der Waals surface area (Å²) < 4.78 is 1.98. The van der Waals surface area contributed by atoms with E-state index in [0.29, 0.717) is 23.1 Å². The number of nitrogens with one attached hydrogen (secondary N) is 1. The fraction of sp³-hybridized carbons (Fsp3) is 0.833. The second-order valence-corrected chi connectivity index (χ2v) is 5.90. The summed E-state index contributed by atoms with van der Waals surface area (Å²) in [5.74, 6) is 2.72. The molecule has 0 bridgehead atoms. The standard InChI is InChI=1S/C12H21ClN4/c1-7(2)11(12-16-15-6-17(12)4)14-5-9-8(3)10(9)13/h6-11,14H,5H2,1-4H3. The van der Waals surface area contributed by atoms with Gasteiger partial charge < -0.3 is 9.88 Å². The van der Waals surface area contributed by atoms with E-state index >= 15 is 0 Å². The van der Waals surface area contributed by atoms with Crippen LogP contribution in [-0.2, 0) is 7.05 Å². The minimum Gasteiger partial charge on any atom is -0.319 e. The molecule has 0 aromatic carbocycles. The van der Waals surface area contributed by atoms with Crippen LogP contribution < -0.4 is 5.32 Å². The molecule has 1 aromatic heterocycles. The zero-order valence-corrected chi connectivity index (χ0v) is 11.6. The molecule has 2 rings (SSSR count). The second kappa shape index (κ2) is 4.94. The van der Waals surface area contributed by atoms with E-state index in [1.54, 1.807) is 6.33 Å². The van der Waals surface area contributed by atoms with E-state index in [-0.39, 0.29) is 6.04 Å². The quantitative estimate of drug-likeness (QED) is 0.820. The summed E-state index contributed by atoms with van der Waals surface area (Å²) in [4.78, 5) is 0. The normalized spacial score (nSPS) is 29.6. The van der Waals surface area contributed by atoms with Crippen LogP contribution >= 0.6 is 11.6 Å². The van der Waals surface area contributed by atoms with Gasteiger partial charge in [-0.05, 0) is 17.8 Å². The van der Waals surface area contributed by atoms with Gasteiger partial charge in [0.1, 0.15) is 12.2 Å². The lowest BCUT2D eigenvalue weighted by molar-refractivity contribution is 0.376. The summed E-state index contributed by atoms with van der Waals surface area (Å²) in [5.41, 5.74) is 0. The smallest absolute Gasteiger partial charge is 0.149 e. The molecular formula is C12H21ClN4. The first-order valence-corrected chi connectivity index (χ1v) is 6.67. The number of hydrogen-bond acceptors (Lipinski definition) is 3. The molecule has 1 aliphatic carbocycles. The maximum absolute atomic E-state index is 6.15. The molecule has 0 aliphatic heterocycles. The SMILES string of the molecule is CC(C)C(NCC1C(C)C1Cl)c1nncn1C. The number of alkyl halides is 1. The minimum absolute atomic E-state index is 0.249. The summed E-state index contributed by atoms with van der Waals surface area (Å²) in [6.07, 6.45) is 1.75.